The van der Waals surface area contributed by atoms with Gasteiger partial charge < -0.3 is 10.4 Å². The minimum absolute atomic E-state index is 0.0298. The van der Waals surface area contributed by atoms with Crippen molar-refractivity contribution >= 4 is 11.8 Å². The number of aromatic nitrogens is 2. The van der Waals surface area contributed by atoms with Crippen LogP contribution in [0.3, 0.4) is 0 Å². The number of carbonyl (C=O) groups is 1. The van der Waals surface area contributed by atoms with Gasteiger partial charge in [-0.1, -0.05) is 13.8 Å². The number of likely N-dealkylation sites (tertiary alicyclic amines) is 1. The fraction of sp³-hybridized carbons (Fsp3) is 0.643. The maximum Gasteiger partial charge on any atom is 0.356 e. The van der Waals surface area contributed by atoms with E-state index in [1.807, 2.05) is 0 Å². The fourth-order valence-electron chi connectivity index (χ4n) is 2.59. The van der Waals surface area contributed by atoms with Crippen molar-refractivity contribution in [2.45, 2.75) is 32.7 Å². The summed E-state index contributed by atoms with van der Waals surface area (Å²) in [6, 6.07) is 0.526. The van der Waals surface area contributed by atoms with E-state index >= 15 is 0 Å². The summed E-state index contributed by atoms with van der Waals surface area (Å²) in [5.74, 6) is 0.250. The number of nitrogens with zero attached hydrogens (tertiary/aromatic N) is 3. The first-order valence-corrected chi connectivity index (χ1v) is 7.09. The predicted octanol–water partition coefficient (Wildman–Crippen LogP) is 1.71. The zero-order valence-corrected chi connectivity index (χ0v) is 12.0. The smallest absolute Gasteiger partial charge is 0.356 e. The highest BCUT2D eigenvalue weighted by atomic mass is 16.4. The van der Waals surface area contributed by atoms with Gasteiger partial charge in [0.25, 0.3) is 0 Å². The second-order valence-corrected chi connectivity index (χ2v) is 5.66. The molecule has 0 unspecified atom stereocenters. The summed E-state index contributed by atoms with van der Waals surface area (Å²) in [5.41, 5.74) is -0.0298. The van der Waals surface area contributed by atoms with Crippen molar-refractivity contribution in [2.24, 2.45) is 5.92 Å². The van der Waals surface area contributed by atoms with Gasteiger partial charge in [0.15, 0.2) is 5.69 Å². The lowest BCUT2D eigenvalue weighted by molar-refractivity contribution is 0.0690. The highest BCUT2D eigenvalue weighted by Gasteiger charge is 2.24. The van der Waals surface area contributed by atoms with Gasteiger partial charge in [0.05, 0.1) is 12.4 Å². The largest absolute Gasteiger partial charge is 0.476 e. The molecular formula is C14H22N4O2. The van der Waals surface area contributed by atoms with E-state index < -0.39 is 5.97 Å². The summed E-state index contributed by atoms with van der Waals surface area (Å²) in [6.07, 6.45) is 5.19. The van der Waals surface area contributed by atoms with Crippen LogP contribution in [0.4, 0.5) is 5.82 Å². The normalized spacial score (nSPS) is 19.4. The molecule has 1 aromatic heterocycles. The van der Waals surface area contributed by atoms with Crippen molar-refractivity contribution in [2.75, 3.05) is 25.0 Å². The molecule has 6 nitrogen and oxygen atoms in total. The second kappa shape index (κ2) is 6.65. The number of aromatic carboxylic acids is 1. The standard InChI is InChI=1S/C14H22N4O2/c1-10(2)9-18-5-3-4-11(18)6-16-13-8-15-12(7-17-13)14(19)20/h7-8,10-11H,3-6,9H2,1-2H3,(H,16,17)(H,19,20)/t11-/m1/s1. The summed E-state index contributed by atoms with van der Waals surface area (Å²) in [7, 11) is 0. The van der Waals surface area contributed by atoms with Gasteiger partial charge in [-0.2, -0.15) is 0 Å². The maximum atomic E-state index is 10.7. The van der Waals surface area contributed by atoms with E-state index in [0.717, 1.165) is 19.6 Å². The van der Waals surface area contributed by atoms with Gasteiger partial charge >= 0.3 is 5.97 Å². The molecule has 1 aliphatic rings. The van der Waals surface area contributed by atoms with Crippen LogP contribution in [0.1, 0.15) is 37.2 Å². The van der Waals surface area contributed by atoms with Gasteiger partial charge in [-0.05, 0) is 25.3 Å². The summed E-state index contributed by atoms with van der Waals surface area (Å²) in [5, 5.41) is 12.0. The van der Waals surface area contributed by atoms with Crippen molar-refractivity contribution < 1.29 is 9.90 Å². The third-order valence-electron chi connectivity index (χ3n) is 3.49. The Morgan fingerprint density at radius 2 is 2.30 bits per heavy atom. The third-order valence-corrected chi connectivity index (χ3v) is 3.49. The molecule has 0 aliphatic carbocycles. The molecule has 1 fully saturated rings. The summed E-state index contributed by atoms with van der Waals surface area (Å²) in [6.45, 7) is 7.58. The molecule has 110 valence electrons. The molecule has 1 atom stereocenters. The molecule has 1 saturated heterocycles. The molecule has 0 spiro atoms. The number of carboxylic acids is 1. The zero-order valence-electron chi connectivity index (χ0n) is 12.0. The molecule has 0 saturated carbocycles. The topological polar surface area (TPSA) is 78.4 Å². The van der Waals surface area contributed by atoms with Crippen molar-refractivity contribution in [3.63, 3.8) is 0 Å². The van der Waals surface area contributed by atoms with E-state index in [9.17, 15) is 4.79 Å². The number of carboxylic acid groups (broad SMARTS) is 1. The Balaban J connectivity index is 1.86. The van der Waals surface area contributed by atoms with Crippen LogP contribution in [-0.4, -0.2) is 51.6 Å². The van der Waals surface area contributed by atoms with Crippen LogP contribution in [0.25, 0.3) is 0 Å². The van der Waals surface area contributed by atoms with Gasteiger partial charge in [-0.25, -0.2) is 14.8 Å². The molecule has 0 bridgehead atoms. The Bertz CT molecular complexity index is 447. The minimum Gasteiger partial charge on any atom is -0.476 e. The Hall–Kier alpha value is -1.69. The van der Waals surface area contributed by atoms with Crippen LogP contribution >= 0.6 is 0 Å². The zero-order chi connectivity index (χ0) is 14.5. The van der Waals surface area contributed by atoms with Crippen LogP contribution in [0.2, 0.25) is 0 Å². The van der Waals surface area contributed by atoms with E-state index in [1.165, 1.54) is 25.2 Å². The highest BCUT2D eigenvalue weighted by Crippen LogP contribution is 2.19. The molecule has 1 aliphatic heterocycles. The lowest BCUT2D eigenvalue weighted by atomic mass is 10.1. The van der Waals surface area contributed by atoms with E-state index in [1.54, 1.807) is 0 Å². The van der Waals surface area contributed by atoms with Gasteiger partial charge in [-0.3, -0.25) is 4.90 Å². The molecule has 20 heavy (non-hydrogen) atoms. The van der Waals surface area contributed by atoms with E-state index in [0.29, 0.717) is 17.8 Å². The predicted molar refractivity (Wildman–Crippen MR) is 76.9 cm³/mol. The van der Waals surface area contributed by atoms with Crippen molar-refractivity contribution in [3.8, 4) is 0 Å². The van der Waals surface area contributed by atoms with Crippen molar-refractivity contribution in [3.05, 3.63) is 18.1 Å². The fourth-order valence-corrected chi connectivity index (χ4v) is 2.59. The summed E-state index contributed by atoms with van der Waals surface area (Å²) < 4.78 is 0. The van der Waals surface area contributed by atoms with Gasteiger partial charge in [0.2, 0.25) is 0 Å². The molecule has 2 heterocycles. The summed E-state index contributed by atoms with van der Waals surface area (Å²) >= 11 is 0. The van der Waals surface area contributed by atoms with E-state index in [2.05, 4.69) is 34.0 Å². The molecule has 2 N–H and O–H groups in total. The lowest BCUT2D eigenvalue weighted by Gasteiger charge is -2.26. The lowest BCUT2D eigenvalue weighted by Crippen LogP contribution is -2.37. The Morgan fingerprint density at radius 1 is 1.50 bits per heavy atom. The van der Waals surface area contributed by atoms with Crippen LogP contribution in [0, 0.1) is 5.92 Å². The molecule has 0 amide bonds. The molecular weight excluding hydrogens is 256 g/mol. The molecule has 6 heteroatoms. The first-order valence-electron chi connectivity index (χ1n) is 7.09. The van der Waals surface area contributed by atoms with Crippen LogP contribution in [-0.2, 0) is 0 Å². The maximum absolute atomic E-state index is 10.7. The van der Waals surface area contributed by atoms with Crippen LogP contribution in [0.15, 0.2) is 12.4 Å². The van der Waals surface area contributed by atoms with Crippen molar-refractivity contribution in [1.82, 2.24) is 14.9 Å². The number of hydrogen-bond donors (Lipinski definition) is 2. The number of nitrogens with one attached hydrogen (secondary N) is 1. The molecule has 0 aromatic carbocycles. The molecule has 1 aromatic rings. The quantitative estimate of drug-likeness (QED) is 0.824. The Kier molecular flexibility index (Phi) is 4.89. The number of rotatable bonds is 6. The first kappa shape index (κ1) is 14.7. The Morgan fingerprint density at radius 3 is 2.90 bits per heavy atom. The average molecular weight is 278 g/mol. The average Bonchev–Trinajstić information content (AvgIpc) is 2.83. The van der Waals surface area contributed by atoms with E-state index in [4.69, 9.17) is 5.11 Å². The minimum atomic E-state index is -1.05. The van der Waals surface area contributed by atoms with Crippen molar-refractivity contribution in [1.29, 1.82) is 0 Å². The monoisotopic (exact) mass is 278 g/mol. The first-order chi connectivity index (χ1) is 9.56. The van der Waals surface area contributed by atoms with Crippen LogP contribution in [0.5, 0.6) is 0 Å². The highest BCUT2D eigenvalue weighted by molar-refractivity contribution is 5.84. The number of hydrogen-bond acceptors (Lipinski definition) is 5. The molecule has 2 rings (SSSR count). The van der Waals surface area contributed by atoms with E-state index in [-0.39, 0.29) is 5.69 Å². The number of anilines is 1. The summed E-state index contributed by atoms with van der Waals surface area (Å²) in [4.78, 5) is 21.1. The molecule has 0 radical (unpaired) electrons. The third kappa shape index (κ3) is 3.90. The second-order valence-electron chi connectivity index (χ2n) is 5.66. The van der Waals surface area contributed by atoms with Gasteiger partial charge in [0.1, 0.15) is 5.82 Å². The van der Waals surface area contributed by atoms with Gasteiger partial charge in [-0.15, -0.1) is 0 Å². The Labute approximate surface area is 119 Å². The van der Waals surface area contributed by atoms with Gasteiger partial charge in [0, 0.05) is 19.1 Å². The SMILES string of the molecule is CC(C)CN1CCC[C@@H]1CNc1cnc(C(=O)O)cn1. The van der Waals surface area contributed by atoms with Crippen LogP contribution < -0.4 is 5.32 Å².